The number of aromatic nitrogens is 9. The largest absolute Gasteiger partial charge is 0.448 e. The molecular weight excluding hydrogens is 907 g/mol. The number of rotatable bonds is 9. The van der Waals surface area contributed by atoms with Crippen LogP contribution in [0.3, 0.4) is 0 Å². The molecule has 7 aromatic carbocycles. The van der Waals surface area contributed by atoms with Gasteiger partial charge < -0.3 is 28.4 Å². The van der Waals surface area contributed by atoms with Gasteiger partial charge in [-0.15, -0.1) is 15.3 Å². The van der Waals surface area contributed by atoms with Crippen LogP contribution in [-0.2, 0) is 19.6 Å². The second-order valence-electron chi connectivity index (χ2n) is 22.8. The fraction of sp³-hybridized carbons (Fsp3) is 0.368. The quantitative estimate of drug-likeness (QED) is 0.127. The molecule has 0 N–H and O–H groups in total. The molecule has 0 amide bonds. The molecule has 0 saturated carbocycles. The summed E-state index contributed by atoms with van der Waals surface area (Å²) < 4.78 is 48.5. The van der Waals surface area contributed by atoms with Crippen LogP contribution in [0, 0.1) is 16.2 Å². The second kappa shape index (κ2) is 15.2. The minimum Gasteiger partial charge on any atom is -0.448 e. The molecule has 0 unspecified atom stereocenters. The summed E-state index contributed by atoms with van der Waals surface area (Å²) in [6.07, 6.45) is 1.56. The first-order valence-corrected chi connectivity index (χ1v) is 24.9. The van der Waals surface area contributed by atoms with Crippen molar-refractivity contribution < 1.29 is 28.4 Å². The number of fused-ring (bicyclic) bond motifs is 12. The molecule has 15 nitrogen and oxygen atoms in total. The lowest BCUT2D eigenvalue weighted by Crippen LogP contribution is -2.51. The number of aryl methyl sites for hydroxylation is 3. The van der Waals surface area contributed by atoms with Gasteiger partial charge in [-0.3, -0.25) is 0 Å². The number of hydrogen-bond acceptors (Lipinski definition) is 12. The van der Waals surface area contributed by atoms with Gasteiger partial charge in [0.05, 0.1) is 36.2 Å². The highest BCUT2D eigenvalue weighted by atomic mass is 16.7. The topological polar surface area (TPSA) is 148 Å². The molecule has 0 atom stereocenters. The van der Waals surface area contributed by atoms with Crippen LogP contribution in [0.4, 0.5) is 0 Å². The molecule has 0 bridgehead atoms. The molecule has 0 fully saturated rings. The van der Waals surface area contributed by atoms with Crippen molar-refractivity contribution in [1.29, 1.82) is 0 Å². The molecule has 0 aliphatic carbocycles. The lowest BCUT2D eigenvalue weighted by molar-refractivity contribution is -0.165. The summed E-state index contributed by atoms with van der Waals surface area (Å²) in [6, 6.07) is 36.8. The maximum absolute atomic E-state index is 7.12. The molecule has 0 radical (unpaired) electrons. The first kappa shape index (κ1) is 44.3. The Balaban J connectivity index is 0.940. The van der Waals surface area contributed by atoms with E-state index in [-0.39, 0.29) is 0 Å². The number of hydrogen-bond donors (Lipinski definition) is 0. The van der Waals surface area contributed by atoms with Gasteiger partial charge in [0, 0.05) is 35.5 Å². The third kappa shape index (κ3) is 6.68. The van der Waals surface area contributed by atoms with Crippen LogP contribution >= 0.6 is 0 Å². The Morgan fingerprint density at radius 1 is 0.347 bits per heavy atom. The molecule has 15 heteroatoms. The Labute approximate surface area is 415 Å². The van der Waals surface area contributed by atoms with Crippen LogP contribution in [-0.4, -0.2) is 62.3 Å². The van der Waals surface area contributed by atoms with E-state index in [1.807, 2.05) is 86.8 Å². The molecule has 10 aromatic rings. The zero-order valence-electron chi connectivity index (χ0n) is 42.1. The minimum absolute atomic E-state index is 0.444. The average molecular weight is 964 g/mol. The summed E-state index contributed by atoms with van der Waals surface area (Å²) in [5.41, 5.74) is 4.09. The molecule has 72 heavy (non-hydrogen) atoms. The smallest absolute Gasteiger partial charge is 0.258 e. The normalized spacial score (nSPS) is 20.6. The van der Waals surface area contributed by atoms with Gasteiger partial charge in [-0.2, -0.15) is 0 Å². The zero-order chi connectivity index (χ0) is 49.6. The summed E-state index contributed by atoms with van der Waals surface area (Å²) in [4.78, 5) is 0. The predicted molar refractivity (Wildman–Crippen MR) is 276 cm³/mol. The first-order valence-electron chi connectivity index (χ1n) is 24.9. The van der Waals surface area contributed by atoms with Gasteiger partial charge >= 0.3 is 0 Å². The Morgan fingerprint density at radius 2 is 0.569 bits per heavy atom. The van der Waals surface area contributed by atoms with E-state index in [1.54, 1.807) is 0 Å². The molecule has 13 rings (SSSR count). The summed E-state index contributed by atoms with van der Waals surface area (Å²) in [5.74, 6) is 0.912. The molecule has 3 aromatic heterocycles. The van der Waals surface area contributed by atoms with Gasteiger partial charge in [0.1, 0.15) is 16.6 Å². The van der Waals surface area contributed by atoms with Crippen molar-refractivity contribution in [2.24, 2.45) is 16.2 Å². The van der Waals surface area contributed by atoms with Gasteiger partial charge in [0.25, 0.3) is 17.4 Å². The van der Waals surface area contributed by atoms with E-state index in [0.29, 0.717) is 73.4 Å². The van der Waals surface area contributed by atoms with E-state index >= 15 is 0 Å². The second-order valence-corrected chi connectivity index (χ2v) is 22.8. The maximum Gasteiger partial charge on any atom is 0.258 e. The predicted octanol–water partition coefficient (Wildman–Crippen LogP) is 12.2. The fourth-order valence-electron chi connectivity index (χ4n) is 11.0. The van der Waals surface area contributed by atoms with E-state index in [9.17, 15) is 0 Å². The molecule has 3 aliphatic rings. The standard InChI is InChI=1S/C57H57N9O6/c1-52(2,3)55(22-25-64-43-19-13-10-16-40(43)58-61-64)67-46-28-34-35(29-47(46)68-55)37-31-49-51(72-57(70-49,54(7,8)9)24-27-66-45-21-15-12-18-42(45)60-63-66)33-39(37)38-32-50-48(30-36(34)38)69-56(71-50,53(4,5)6)23-26-65-44-20-14-11-17-41(44)59-62-65/h10-21,28-33H,22-27H2,1-9H3. The SMILES string of the molecule is CC(C)(C)C1(CCn2nnc3ccccc32)Oc2cc3c4cc5c(cc4c4cc6c(cc4c3cc2O1)OC(CCn1nnc2ccccc21)(C(C)(C)C)O6)OC(CCn1nnc2ccccc21)(C(C)(C)C)O5. The Morgan fingerprint density at radius 3 is 0.792 bits per heavy atom. The zero-order valence-corrected chi connectivity index (χ0v) is 42.1. The van der Waals surface area contributed by atoms with Gasteiger partial charge in [-0.25, -0.2) is 14.0 Å². The number of para-hydroxylation sites is 3. The summed E-state index contributed by atoms with van der Waals surface area (Å²) in [5, 5.41) is 32.6. The Hall–Kier alpha value is -7.68. The van der Waals surface area contributed by atoms with E-state index < -0.39 is 33.6 Å². The fourth-order valence-corrected chi connectivity index (χ4v) is 11.0. The molecule has 0 saturated heterocycles. The van der Waals surface area contributed by atoms with E-state index in [2.05, 4.69) is 130 Å². The summed E-state index contributed by atoms with van der Waals surface area (Å²) in [7, 11) is 0. The molecule has 0 spiro atoms. The van der Waals surface area contributed by atoms with Crippen molar-refractivity contribution in [2.45, 2.75) is 119 Å². The third-order valence-electron chi connectivity index (χ3n) is 15.4. The summed E-state index contributed by atoms with van der Waals surface area (Å²) in [6.45, 7) is 21.0. The van der Waals surface area contributed by atoms with Gasteiger partial charge in [0.15, 0.2) is 34.5 Å². The highest BCUT2D eigenvalue weighted by Gasteiger charge is 2.54. The molecule has 6 heterocycles. The van der Waals surface area contributed by atoms with Gasteiger partial charge in [-0.1, -0.05) is 114 Å². The van der Waals surface area contributed by atoms with E-state index in [4.69, 9.17) is 28.4 Å². The highest BCUT2D eigenvalue weighted by molar-refractivity contribution is 6.27. The molecule has 3 aliphatic heterocycles. The lowest BCUT2D eigenvalue weighted by Gasteiger charge is -2.39. The summed E-state index contributed by atoms with van der Waals surface area (Å²) >= 11 is 0. The number of ether oxygens (including phenoxy) is 6. The number of benzene rings is 7. The highest BCUT2D eigenvalue weighted by Crippen LogP contribution is 2.57. The monoisotopic (exact) mass is 963 g/mol. The van der Waals surface area contributed by atoms with Crippen molar-refractivity contribution in [3.8, 4) is 34.5 Å². The van der Waals surface area contributed by atoms with Crippen molar-refractivity contribution in [2.75, 3.05) is 0 Å². The Kier molecular flexibility index (Phi) is 9.33. The molecule has 366 valence electrons. The van der Waals surface area contributed by atoms with Gasteiger partial charge in [-0.05, 0) is 105 Å². The maximum atomic E-state index is 7.12. The van der Waals surface area contributed by atoms with Gasteiger partial charge in [0.2, 0.25) is 0 Å². The van der Waals surface area contributed by atoms with E-state index in [1.165, 1.54) is 0 Å². The Bertz CT molecular complexity index is 3310. The minimum atomic E-state index is -1.02. The van der Waals surface area contributed by atoms with Crippen LogP contribution in [0.5, 0.6) is 34.5 Å². The molecular formula is C57H57N9O6. The van der Waals surface area contributed by atoms with Crippen LogP contribution in [0.1, 0.15) is 81.6 Å². The van der Waals surface area contributed by atoms with Crippen LogP contribution in [0.2, 0.25) is 0 Å². The first-order chi connectivity index (χ1) is 34.4. The van der Waals surface area contributed by atoms with E-state index in [0.717, 1.165) is 65.4 Å². The average Bonchev–Trinajstić information content (AvgIpc) is 4.21. The lowest BCUT2D eigenvalue weighted by atomic mass is 9.83. The van der Waals surface area contributed by atoms with Crippen LogP contribution < -0.4 is 28.4 Å². The van der Waals surface area contributed by atoms with Crippen LogP contribution in [0.15, 0.2) is 109 Å². The van der Waals surface area contributed by atoms with Crippen molar-refractivity contribution in [3.05, 3.63) is 109 Å². The van der Waals surface area contributed by atoms with Crippen LogP contribution in [0.25, 0.3) is 65.4 Å². The van der Waals surface area contributed by atoms with Crippen molar-refractivity contribution >= 4 is 65.4 Å². The van der Waals surface area contributed by atoms with Crippen molar-refractivity contribution in [3.63, 3.8) is 0 Å². The number of nitrogens with zero attached hydrogens (tertiary/aromatic N) is 9. The van der Waals surface area contributed by atoms with Crippen molar-refractivity contribution in [1.82, 2.24) is 45.0 Å². The third-order valence-corrected chi connectivity index (χ3v) is 15.4.